The van der Waals surface area contributed by atoms with Crippen molar-refractivity contribution in [2.45, 2.75) is 25.7 Å². The number of hydrogen-bond acceptors (Lipinski definition) is 2. The monoisotopic (exact) mass is 168 g/mol. The zero-order valence-corrected chi connectivity index (χ0v) is 7.84. The van der Waals surface area contributed by atoms with Gasteiger partial charge in [-0.2, -0.15) is 0 Å². The van der Waals surface area contributed by atoms with Crippen LogP contribution >= 0.6 is 0 Å². The van der Waals surface area contributed by atoms with E-state index in [1.807, 2.05) is 0 Å². The first-order valence-corrected chi connectivity index (χ1v) is 5.31. The van der Waals surface area contributed by atoms with E-state index in [1.54, 1.807) is 0 Å². The van der Waals surface area contributed by atoms with Gasteiger partial charge in [0, 0.05) is 26.2 Å². The summed E-state index contributed by atoms with van der Waals surface area (Å²) in [4.78, 5) is 2.57. The summed E-state index contributed by atoms with van der Waals surface area (Å²) in [5.74, 6) is 2.01. The van der Waals surface area contributed by atoms with Crippen LogP contribution < -0.4 is 5.73 Å². The highest BCUT2D eigenvalue weighted by atomic mass is 15.1. The van der Waals surface area contributed by atoms with Crippen LogP contribution in [0.3, 0.4) is 0 Å². The summed E-state index contributed by atoms with van der Waals surface area (Å²) < 4.78 is 0. The minimum absolute atomic E-state index is 0.833. The zero-order chi connectivity index (χ0) is 8.39. The molecule has 2 rings (SSSR count). The lowest BCUT2D eigenvalue weighted by molar-refractivity contribution is 0.0888. The minimum atomic E-state index is 0.833. The highest BCUT2D eigenvalue weighted by Crippen LogP contribution is 2.33. The fourth-order valence-electron chi connectivity index (χ4n) is 2.90. The van der Waals surface area contributed by atoms with Crippen molar-refractivity contribution in [1.82, 2.24) is 4.90 Å². The predicted octanol–water partition coefficient (Wildman–Crippen LogP) is 1.07. The van der Waals surface area contributed by atoms with Crippen molar-refractivity contribution in [3.63, 3.8) is 0 Å². The molecule has 2 atom stereocenters. The van der Waals surface area contributed by atoms with Crippen LogP contribution in [0.15, 0.2) is 0 Å². The molecule has 2 bridgehead atoms. The summed E-state index contributed by atoms with van der Waals surface area (Å²) in [7, 11) is 0. The van der Waals surface area contributed by atoms with Gasteiger partial charge in [0.1, 0.15) is 0 Å². The van der Waals surface area contributed by atoms with Crippen LogP contribution in [0.25, 0.3) is 0 Å². The molecule has 1 saturated carbocycles. The second-order valence-electron chi connectivity index (χ2n) is 4.45. The first-order valence-electron chi connectivity index (χ1n) is 5.31. The first-order chi connectivity index (χ1) is 5.88. The standard InChI is InChI=1S/C10H20N2/c11-4-5-12-7-9-2-1-3-10(6-9)8-12/h9-10H,1-8,11H2/t9-,10-/m0/s1. The minimum Gasteiger partial charge on any atom is -0.329 e. The van der Waals surface area contributed by atoms with Crippen LogP contribution in [-0.4, -0.2) is 31.1 Å². The second-order valence-corrected chi connectivity index (χ2v) is 4.45. The van der Waals surface area contributed by atoms with E-state index in [-0.39, 0.29) is 0 Å². The molecule has 1 heterocycles. The van der Waals surface area contributed by atoms with Crippen LogP contribution in [0.5, 0.6) is 0 Å². The molecule has 70 valence electrons. The van der Waals surface area contributed by atoms with Crippen molar-refractivity contribution in [2.24, 2.45) is 17.6 Å². The van der Waals surface area contributed by atoms with Gasteiger partial charge in [-0.15, -0.1) is 0 Å². The molecule has 12 heavy (non-hydrogen) atoms. The van der Waals surface area contributed by atoms with E-state index < -0.39 is 0 Å². The predicted molar refractivity (Wildman–Crippen MR) is 50.9 cm³/mol. The van der Waals surface area contributed by atoms with E-state index in [0.717, 1.165) is 24.9 Å². The third-order valence-corrected chi connectivity index (χ3v) is 3.37. The molecule has 2 nitrogen and oxygen atoms in total. The molecule has 0 amide bonds. The Balaban J connectivity index is 1.87. The molecule has 1 aliphatic heterocycles. The number of likely N-dealkylation sites (tertiary alicyclic amines) is 1. The highest BCUT2D eigenvalue weighted by molar-refractivity contribution is 4.83. The summed E-state index contributed by atoms with van der Waals surface area (Å²) in [5, 5.41) is 0. The Morgan fingerprint density at radius 3 is 2.42 bits per heavy atom. The van der Waals surface area contributed by atoms with E-state index >= 15 is 0 Å². The van der Waals surface area contributed by atoms with Gasteiger partial charge in [0.05, 0.1) is 0 Å². The molecule has 2 fully saturated rings. The SMILES string of the molecule is NCCN1C[C@H]2CCC[C@@H](C2)C1. The van der Waals surface area contributed by atoms with Gasteiger partial charge in [0.25, 0.3) is 0 Å². The van der Waals surface area contributed by atoms with Crippen LogP contribution in [0.4, 0.5) is 0 Å². The van der Waals surface area contributed by atoms with E-state index in [1.165, 1.54) is 38.8 Å². The number of hydrogen-bond donors (Lipinski definition) is 1. The van der Waals surface area contributed by atoms with Gasteiger partial charge in [-0.05, 0) is 31.1 Å². The number of piperidine rings is 1. The lowest BCUT2D eigenvalue weighted by Gasteiger charge is -2.41. The van der Waals surface area contributed by atoms with Crippen molar-refractivity contribution < 1.29 is 0 Å². The Morgan fingerprint density at radius 2 is 1.83 bits per heavy atom. The Kier molecular flexibility index (Phi) is 2.66. The second kappa shape index (κ2) is 3.75. The maximum Gasteiger partial charge on any atom is 0.0105 e. The van der Waals surface area contributed by atoms with E-state index in [4.69, 9.17) is 5.73 Å². The summed E-state index contributed by atoms with van der Waals surface area (Å²) in [6, 6.07) is 0. The zero-order valence-electron chi connectivity index (χ0n) is 7.84. The van der Waals surface area contributed by atoms with E-state index in [2.05, 4.69) is 4.90 Å². The molecular formula is C10H20N2. The fraction of sp³-hybridized carbons (Fsp3) is 1.00. The molecule has 0 radical (unpaired) electrons. The molecule has 2 heteroatoms. The smallest absolute Gasteiger partial charge is 0.0105 e. The Labute approximate surface area is 75.1 Å². The maximum absolute atomic E-state index is 5.57. The van der Waals surface area contributed by atoms with Crippen LogP contribution in [0.2, 0.25) is 0 Å². The van der Waals surface area contributed by atoms with Crippen molar-refractivity contribution in [3.05, 3.63) is 0 Å². The van der Waals surface area contributed by atoms with Crippen molar-refractivity contribution in [3.8, 4) is 0 Å². The summed E-state index contributed by atoms with van der Waals surface area (Å²) >= 11 is 0. The average molecular weight is 168 g/mol. The first kappa shape index (κ1) is 8.52. The molecule has 2 aliphatic rings. The average Bonchev–Trinajstić information content (AvgIpc) is 2.04. The van der Waals surface area contributed by atoms with Gasteiger partial charge in [-0.3, -0.25) is 0 Å². The topological polar surface area (TPSA) is 29.3 Å². The largest absolute Gasteiger partial charge is 0.329 e. The molecule has 1 aliphatic carbocycles. The maximum atomic E-state index is 5.57. The van der Waals surface area contributed by atoms with Gasteiger partial charge < -0.3 is 10.6 Å². The van der Waals surface area contributed by atoms with Gasteiger partial charge in [0.15, 0.2) is 0 Å². The quantitative estimate of drug-likeness (QED) is 0.668. The van der Waals surface area contributed by atoms with Gasteiger partial charge >= 0.3 is 0 Å². The molecule has 0 spiro atoms. The van der Waals surface area contributed by atoms with E-state index in [9.17, 15) is 0 Å². The number of fused-ring (bicyclic) bond motifs is 2. The summed E-state index contributed by atoms with van der Waals surface area (Å²) in [6.45, 7) is 4.61. The van der Waals surface area contributed by atoms with Crippen molar-refractivity contribution >= 4 is 0 Å². The normalized spacial score (nSPS) is 36.8. The van der Waals surface area contributed by atoms with Gasteiger partial charge in [-0.25, -0.2) is 0 Å². The van der Waals surface area contributed by atoms with Crippen LogP contribution in [-0.2, 0) is 0 Å². The molecule has 0 aromatic heterocycles. The number of rotatable bonds is 2. The van der Waals surface area contributed by atoms with Crippen LogP contribution in [0, 0.1) is 11.8 Å². The Bertz CT molecular complexity index is 135. The highest BCUT2D eigenvalue weighted by Gasteiger charge is 2.29. The molecule has 1 saturated heterocycles. The number of nitrogens with two attached hydrogens (primary N) is 1. The lowest BCUT2D eigenvalue weighted by atomic mass is 9.78. The molecule has 0 unspecified atom stereocenters. The molecule has 2 N–H and O–H groups in total. The Morgan fingerprint density at radius 1 is 1.17 bits per heavy atom. The van der Waals surface area contributed by atoms with Crippen molar-refractivity contribution in [2.75, 3.05) is 26.2 Å². The lowest BCUT2D eigenvalue weighted by Crippen LogP contribution is -2.44. The fourth-order valence-corrected chi connectivity index (χ4v) is 2.90. The van der Waals surface area contributed by atoms with Gasteiger partial charge in [-0.1, -0.05) is 6.42 Å². The number of nitrogens with zero attached hydrogens (tertiary/aromatic N) is 1. The van der Waals surface area contributed by atoms with E-state index in [0.29, 0.717) is 0 Å². The summed E-state index contributed by atoms with van der Waals surface area (Å²) in [6.07, 6.45) is 5.92. The Hall–Kier alpha value is -0.0800. The molecular weight excluding hydrogens is 148 g/mol. The van der Waals surface area contributed by atoms with Gasteiger partial charge in [0.2, 0.25) is 0 Å². The summed E-state index contributed by atoms with van der Waals surface area (Å²) in [5.41, 5.74) is 5.57. The third-order valence-electron chi connectivity index (χ3n) is 3.37. The molecule has 0 aromatic carbocycles. The molecule has 0 aromatic rings. The van der Waals surface area contributed by atoms with Crippen LogP contribution in [0.1, 0.15) is 25.7 Å². The van der Waals surface area contributed by atoms with Crippen molar-refractivity contribution in [1.29, 1.82) is 0 Å². The third kappa shape index (κ3) is 1.80.